The predicted molar refractivity (Wildman–Crippen MR) is 51.0 cm³/mol. The van der Waals surface area contributed by atoms with E-state index in [1.807, 2.05) is 0 Å². The van der Waals surface area contributed by atoms with Crippen molar-refractivity contribution in [3.05, 3.63) is 27.5 Å². The molecule has 5 nitrogen and oxygen atoms in total. The average molecular weight is 247 g/mol. The first-order valence-electron chi connectivity index (χ1n) is 4.45. The Morgan fingerprint density at radius 2 is 2.18 bits per heavy atom. The highest BCUT2D eigenvalue weighted by atomic mass is 19.4. The van der Waals surface area contributed by atoms with E-state index in [1.165, 1.54) is 0 Å². The zero-order valence-corrected chi connectivity index (χ0v) is 8.47. The summed E-state index contributed by atoms with van der Waals surface area (Å²) in [6, 6.07) is 2.36. The number of hydrogen-bond acceptors (Lipinski definition) is 4. The number of nitrogens with two attached hydrogens (primary N) is 1. The predicted octanol–water partition coefficient (Wildman–Crippen LogP) is 0.798. The highest BCUT2D eigenvalue weighted by Gasteiger charge is 2.32. The van der Waals surface area contributed by atoms with Crippen LogP contribution >= 0.6 is 0 Å². The fourth-order valence-electron chi connectivity index (χ4n) is 1.25. The van der Waals surface area contributed by atoms with E-state index in [0.717, 1.165) is 0 Å². The summed E-state index contributed by atoms with van der Waals surface area (Å²) in [6.07, 6.45) is -5.16. The van der Waals surface area contributed by atoms with Crippen molar-refractivity contribution in [2.75, 3.05) is 0 Å². The highest BCUT2D eigenvalue weighted by Crippen LogP contribution is 2.20. The second-order valence-corrected chi connectivity index (χ2v) is 3.04. The molecule has 0 aliphatic heterocycles. The normalized spacial score (nSPS) is 11.0. The SMILES string of the molecule is N#CCc1[nH]c(OC(F)(F)F)cc(=O)c1CN. The summed E-state index contributed by atoms with van der Waals surface area (Å²) in [5, 5.41) is 8.48. The Labute approximate surface area is 93.6 Å². The number of hydrogen-bond donors (Lipinski definition) is 2. The third-order valence-electron chi connectivity index (χ3n) is 1.88. The molecule has 1 rings (SSSR count). The van der Waals surface area contributed by atoms with E-state index in [4.69, 9.17) is 11.0 Å². The molecule has 3 N–H and O–H groups in total. The van der Waals surface area contributed by atoms with Gasteiger partial charge < -0.3 is 15.5 Å². The van der Waals surface area contributed by atoms with E-state index >= 15 is 0 Å². The minimum absolute atomic E-state index is 0.0294. The summed E-state index contributed by atoms with van der Waals surface area (Å²) in [7, 11) is 0. The lowest BCUT2D eigenvalue weighted by Crippen LogP contribution is -2.22. The van der Waals surface area contributed by atoms with Crippen molar-refractivity contribution in [1.29, 1.82) is 5.26 Å². The first kappa shape index (κ1) is 13.1. The number of aromatic nitrogens is 1. The molecule has 0 aliphatic carbocycles. The van der Waals surface area contributed by atoms with Gasteiger partial charge in [-0.25, -0.2) is 0 Å². The van der Waals surface area contributed by atoms with Crippen LogP contribution in [0.25, 0.3) is 0 Å². The summed E-state index contributed by atoms with van der Waals surface area (Å²) in [4.78, 5) is 13.6. The molecule has 0 unspecified atom stereocenters. The van der Waals surface area contributed by atoms with Gasteiger partial charge in [-0.05, 0) is 0 Å². The number of nitrogens with zero attached hydrogens (tertiary/aromatic N) is 1. The van der Waals surface area contributed by atoms with Crippen LogP contribution in [0.2, 0.25) is 0 Å². The van der Waals surface area contributed by atoms with E-state index in [0.29, 0.717) is 6.07 Å². The molecule has 92 valence electrons. The topological polar surface area (TPSA) is 91.9 Å². The number of pyridine rings is 1. The van der Waals surface area contributed by atoms with Gasteiger partial charge in [0.05, 0.1) is 12.5 Å². The van der Waals surface area contributed by atoms with Gasteiger partial charge in [0.2, 0.25) is 5.88 Å². The van der Waals surface area contributed by atoms with Crippen LogP contribution < -0.4 is 15.9 Å². The van der Waals surface area contributed by atoms with Crippen molar-refractivity contribution in [2.45, 2.75) is 19.3 Å². The fourth-order valence-corrected chi connectivity index (χ4v) is 1.25. The minimum atomic E-state index is -4.91. The van der Waals surface area contributed by atoms with E-state index in [1.54, 1.807) is 6.07 Å². The first-order valence-corrected chi connectivity index (χ1v) is 4.45. The molecule has 0 radical (unpaired) electrons. The monoisotopic (exact) mass is 247 g/mol. The molecule has 0 spiro atoms. The van der Waals surface area contributed by atoms with Crippen LogP contribution in [0.4, 0.5) is 13.2 Å². The Hall–Kier alpha value is -2.01. The van der Waals surface area contributed by atoms with Crippen LogP contribution in [0.5, 0.6) is 5.88 Å². The van der Waals surface area contributed by atoms with Crippen LogP contribution in [0.1, 0.15) is 11.3 Å². The maximum absolute atomic E-state index is 11.9. The molecule has 1 aromatic heterocycles. The van der Waals surface area contributed by atoms with Gasteiger partial charge in [0.25, 0.3) is 0 Å². The molecule has 0 saturated heterocycles. The standard InChI is InChI=1S/C9H8F3N3O2/c10-9(11,12)17-8-3-7(16)5(4-14)6(15-8)1-2-13/h3H,1,4,14H2,(H,15,16). The fraction of sp³-hybridized carbons (Fsp3) is 0.333. The Kier molecular flexibility index (Phi) is 3.75. The van der Waals surface area contributed by atoms with Gasteiger partial charge in [0.15, 0.2) is 5.43 Å². The van der Waals surface area contributed by atoms with E-state index in [-0.39, 0.29) is 24.2 Å². The van der Waals surface area contributed by atoms with Crippen molar-refractivity contribution >= 4 is 0 Å². The van der Waals surface area contributed by atoms with Gasteiger partial charge in [0, 0.05) is 23.9 Å². The lowest BCUT2D eigenvalue weighted by Gasteiger charge is -2.11. The van der Waals surface area contributed by atoms with Crippen molar-refractivity contribution < 1.29 is 17.9 Å². The minimum Gasteiger partial charge on any atom is -0.390 e. The van der Waals surface area contributed by atoms with E-state index in [9.17, 15) is 18.0 Å². The number of rotatable bonds is 3. The average Bonchev–Trinajstić information content (AvgIpc) is 2.15. The summed E-state index contributed by atoms with van der Waals surface area (Å²) >= 11 is 0. The molecular formula is C9H8F3N3O2. The van der Waals surface area contributed by atoms with Gasteiger partial charge in [-0.3, -0.25) is 4.79 Å². The van der Waals surface area contributed by atoms with Gasteiger partial charge in [-0.1, -0.05) is 0 Å². The summed E-state index contributed by atoms with van der Waals surface area (Å²) < 4.78 is 39.4. The van der Waals surface area contributed by atoms with Crippen LogP contribution in [0, 0.1) is 11.3 Å². The maximum atomic E-state index is 11.9. The summed E-state index contributed by atoms with van der Waals surface area (Å²) in [6.45, 7) is -0.168. The Balaban J connectivity index is 3.21. The molecule has 0 fully saturated rings. The summed E-state index contributed by atoms with van der Waals surface area (Å²) in [5.74, 6) is -0.759. The van der Waals surface area contributed by atoms with Crippen molar-refractivity contribution in [2.24, 2.45) is 5.73 Å². The zero-order valence-electron chi connectivity index (χ0n) is 8.47. The van der Waals surface area contributed by atoms with Gasteiger partial charge in [-0.2, -0.15) is 5.26 Å². The number of aromatic amines is 1. The number of H-pyrrole nitrogens is 1. The second kappa shape index (κ2) is 4.88. The zero-order chi connectivity index (χ0) is 13.1. The lowest BCUT2D eigenvalue weighted by molar-refractivity contribution is -0.276. The molecular weight excluding hydrogens is 239 g/mol. The second-order valence-electron chi connectivity index (χ2n) is 3.04. The van der Waals surface area contributed by atoms with Crippen molar-refractivity contribution in [3.8, 4) is 11.9 Å². The number of nitriles is 1. The lowest BCUT2D eigenvalue weighted by atomic mass is 10.1. The van der Waals surface area contributed by atoms with Crippen LogP contribution in [-0.4, -0.2) is 11.3 Å². The van der Waals surface area contributed by atoms with Crippen LogP contribution in [0.15, 0.2) is 10.9 Å². The summed E-state index contributed by atoms with van der Waals surface area (Å²) in [5.41, 5.74) is 4.67. The van der Waals surface area contributed by atoms with E-state index < -0.39 is 17.7 Å². The smallest absolute Gasteiger partial charge is 0.390 e. The molecule has 0 saturated carbocycles. The maximum Gasteiger partial charge on any atom is 0.574 e. The number of nitrogens with one attached hydrogen (secondary N) is 1. The largest absolute Gasteiger partial charge is 0.574 e. The third-order valence-corrected chi connectivity index (χ3v) is 1.88. The molecule has 0 aromatic carbocycles. The molecule has 0 atom stereocenters. The highest BCUT2D eigenvalue weighted by molar-refractivity contribution is 5.28. The Morgan fingerprint density at radius 1 is 1.53 bits per heavy atom. The van der Waals surface area contributed by atoms with Crippen LogP contribution in [0.3, 0.4) is 0 Å². The first-order chi connectivity index (χ1) is 7.87. The van der Waals surface area contributed by atoms with Gasteiger partial charge >= 0.3 is 6.36 Å². The Morgan fingerprint density at radius 3 is 2.65 bits per heavy atom. The molecule has 0 amide bonds. The van der Waals surface area contributed by atoms with Gasteiger partial charge in [-0.15, -0.1) is 13.2 Å². The number of ether oxygens (including phenoxy) is 1. The molecule has 8 heteroatoms. The van der Waals surface area contributed by atoms with Crippen molar-refractivity contribution in [1.82, 2.24) is 4.98 Å². The molecule has 1 heterocycles. The number of halogens is 3. The quantitative estimate of drug-likeness (QED) is 0.826. The van der Waals surface area contributed by atoms with Crippen molar-refractivity contribution in [3.63, 3.8) is 0 Å². The molecule has 1 aromatic rings. The molecule has 0 bridgehead atoms. The Bertz CT molecular complexity index is 502. The van der Waals surface area contributed by atoms with Crippen LogP contribution in [-0.2, 0) is 13.0 Å². The number of alkyl halides is 3. The van der Waals surface area contributed by atoms with E-state index in [2.05, 4.69) is 9.72 Å². The van der Waals surface area contributed by atoms with Gasteiger partial charge in [0.1, 0.15) is 0 Å². The molecule has 17 heavy (non-hydrogen) atoms. The molecule has 0 aliphatic rings. The third kappa shape index (κ3) is 3.49.